The van der Waals surface area contributed by atoms with Gasteiger partial charge in [-0.3, -0.25) is 9.59 Å². The van der Waals surface area contributed by atoms with E-state index in [9.17, 15) is 9.59 Å². The molecule has 0 atom stereocenters. The van der Waals surface area contributed by atoms with Crippen molar-refractivity contribution in [2.24, 2.45) is 5.73 Å². The molecule has 2 amide bonds. The predicted molar refractivity (Wildman–Crippen MR) is 82.1 cm³/mol. The molecule has 0 aliphatic rings. The summed E-state index contributed by atoms with van der Waals surface area (Å²) < 4.78 is 4.83. The van der Waals surface area contributed by atoms with Gasteiger partial charge >= 0.3 is 0 Å². The predicted octanol–water partition coefficient (Wildman–Crippen LogP) is -0.107. The number of carbonyl (C=O) groups is 2. The molecule has 114 valence electrons. The fourth-order valence-corrected chi connectivity index (χ4v) is 2.26. The van der Waals surface area contributed by atoms with Gasteiger partial charge < -0.3 is 20.7 Å². The van der Waals surface area contributed by atoms with Gasteiger partial charge in [-0.2, -0.15) is 0 Å². The van der Waals surface area contributed by atoms with Crippen LogP contribution in [0.2, 0.25) is 0 Å². The van der Waals surface area contributed by atoms with Crippen LogP contribution in [-0.4, -0.2) is 57.1 Å². The van der Waals surface area contributed by atoms with Crippen molar-refractivity contribution in [1.29, 1.82) is 0 Å². The normalized spacial score (nSPS) is 9.67. The Morgan fingerprint density at radius 2 is 2.29 bits per heavy atom. The monoisotopic (exact) mass is 309 g/mol. The number of nitrogens with one attached hydrogen (secondary N) is 1. The van der Waals surface area contributed by atoms with Crippen molar-refractivity contribution in [1.82, 2.24) is 10.2 Å². The van der Waals surface area contributed by atoms with E-state index in [0.717, 1.165) is 4.88 Å². The van der Waals surface area contributed by atoms with Crippen molar-refractivity contribution in [3.05, 3.63) is 21.9 Å². The lowest BCUT2D eigenvalue weighted by Gasteiger charge is -2.15. The summed E-state index contributed by atoms with van der Waals surface area (Å²) in [7, 11) is 3.14. The molecule has 1 heterocycles. The first kappa shape index (κ1) is 17.2. The van der Waals surface area contributed by atoms with E-state index in [4.69, 9.17) is 10.5 Å². The summed E-state index contributed by atoms with van der Waals surface area (Å²) in [5.41, 5.74) is 5.82. The Morgan fingerprint density at radius 3 is 2.95 bits per heavy atom. The van der Waals surface area contributed by atoms with Gasteiger partial charge in [-0.05, 0) is 6.07 Å². The number of nitrogens with zero attached hydrogens (tertiary/aromatic N) is 1. The third-order valence-corrected chi connectivity index (χ3v) is 3.36. The van der Waals surface area contributed by atoms with Crippen molar-refractivity contribution < 1.29 is 14.3 Å². The number of methoxy groups -OCH3 is 1. The molecule has 1 rings (SSSR count). The number of hydrogen-bond acceptors (Lipinski definition) is 5. The van der Waals surface area contributed by atoms with Crippen LogP contribution in [0.25, 0.3) is 0 Å². The second-order valence-corrected chi connectivity index (χ2v) is 5.12. The highest BCUT2D eigenvalue weighted by Crippen LogP contribution is 2.15. The van der Waals surface area contributed by atoms with Crippen molar-refractivity contribution in [3.8, 4) is 11.8 Å². The minimum atomic E-state index is -0.221. The molecular formula is C14H19N3O3S. The smallest absolute Gasteiger partial charge is 0.254 e. The fourth-order valence-electron chi connectivity index (χ4n) is 1.51. The molecule has 0 fully saturated rings. The van der Waals surface area contributed by atoms with Crippen molar-refractivity contribution in [2.45, 2.75) is 0 Å². The van der Waals surface area contributed by atoms with Gasteiger partial charge in [0.2, 0.25) is 5.91 Å². The maximum absolute atomic E-state index is 12.2. The molecular weight excluding hydrogens is 290 g/mol. The number of ether oxygens (including phenoxy) is 1. The molecule has 0 saturated heterocycles. The molecule has 6 nitrogen and oxygen atoms in total. The van der Waals surface area contributed by atoms with Gasteiger partial charge in [0.25, 0.3) is 5.91 Å². The molecule has 0 spiro atoms. The van der Waals surface area contributed by atoms with Crippen LogP contribution < -0.4 is 11.1 Å². The van der Waals surface area contributed by atoms with Gasteiger partial charge in [-0.15, -0.1) is 11.3 Å². The zero-order chi connectivity index (χ0) is 15.7. The molecule has 0 aliphatic carbocycles. The van der Waals surface area contributed by atoms with Gasteiger partial charge in [-0.1, -0.05) is 11.8 Å². The highest BCUT2D eigenvalue weighted by Gasteiger charge is 2.16. The highest BCUT2D eigenvalue weighted by atomic mass is 32.1. The summed E-state index contributed by atoms with van der Waals surface area (Å²) in [5, 5.41) is 4.39. The van der Waals surface area contributed by atoms with Gasteiger partial charge in [0, 0.05) is 26.1 Å². The Balaban J connectivity index is 2.53. The molecule has 21 heavy (non-hydrogen) atoms. The SMILES string of the molecule is COCCNC(=O)CN(C)C(=O)c1csc(C#CCN)c1. The molecule has 0 aliphatic heterocycles. The Labute approximate surface area is 128 Å². The van der Waals surface area contributed by atoms with Crippen LogP contribution in [0, 0.1) is 11.8 Å². The van der Waals surface area contributed by atoms with Crippen LogP contribution in [0.3, 0.4) is 0 Å². The summed E-state index contributed by atoms with van der Waals surface area (Å²) in [6.45, 7) is 1.15. The Kier molecular flexibility index (Phi) is 7.46. The summed E-state index contributed by atoms with van der Waals surface area (Å²) in [5.74, 6) is 5.17. The number of rotatable bonds is 6. The third-order valence-electron chi connectivity index (χ3n) is 2.52. The van der Waals surface area contributed by atoms with Crippen LogP contribution in [0.5, 0.6) is 0 Å². The number of nitrogens with two attached hydrogens (primary N) is 1. The van der Waals surface area contributed by atoms with E-state index in [2.05, 4.69) is 17.2 Å². The number of carbonyl (C=O) groups excluding carboxylic acids is 2. The summed E-state index contributed by atoms with van der Waals surface area (Å²) in [6.07, 6.45) is 0. The maximum Gasteiger partial charge on any atom is 0.254 e. The number of thiophene rings is 1. The number of likely N-dealkylation sites (N-methyl/N-ethyl adjacent to an activating group) is 1. The second kappa shape index (κ2) is 9.13. The van der Waals surface area contributed by atoms with E-state index in [1.54, 1.807) is 25.6 Å². The average Bonchev–Trinajstić information content (AvgIpc) is 2.93. The lowest BCUT2D eigenvalue weighted by atomic mass is 10.2. The molecule has 0 saturated carbocycles. The zero-order valence-corrected chi connectivity index (χ0v) is 13.0. The van der Waals surface area contributed by atoms with Gasteiger partial charge in [-0.25, -0.2) is 0 Å². The van der Waals surface area contributed by atoms with E-state index in [1.807, 2.05) is 0 Å². The maximum atomic E-state index is 12.2. The average molecular weight is 309 g/mol. The van der Waals surface area contributed by atoms with E-state index in [-0.39, 0.29) is 24.9 Å². The van der Waals surface area contributed by atoms with Gasteiger partial charge in [0.05, 0.1) is 30.1 Å². The molecule has 0 radical (unpaired) electrons. The van der Waals surface area contributed by atoms with Crippen LogP contribution in [0.1, 0.15) is 15.2 Å². The van der Waals surface area contributed by atoms with E-state index in [1.165, 1.54) is 16.2 Å². The first-order chi connectivity index (χ1) is 10.1. The van der Waals surface area contributed by atoms with Crippen LogP contribution in [0.4, 0.5) is 0 Å². The van der Waals surface area contributed by atoms with Crippen molar-refractivity contribution >= 4 is 23.2 Å². The lowest BCUT2D eigenvalue weighted by Crippen LogP contribution is -2.39. The molecule has 3 N–H and O–H groups in total. The van der Waals surface area contributed by atoms with Gasteiger partial charge in [0.1, 0.15) is 0 Å². The summed E-state index contributed by atoms with van der Waals surface area (Å²) in [4.78, 5) is 25.9. The van der Waals surface area contributed by atoms with Crippen LogP contribution in [0.15, 0.2) is 11.4 Å². The first-order valence-corrected chi connectivity index (χ1v) is 7.25. The number of amides is 2. The Bertz CT molecular complexity index is 545. The molecule has 1 aromatic rings. The molecule has 1 aromatic heterocycles. The first-order valence-electron chi connectivity index (χ1n) is 6.37. The van der Waals surface area contributed by atoms with E-state index < -0.39 is 0 Å². The minimum Gasteiger partial charge on any atom is -0.383 e. The Hall–Kier alpha value is -1.88. The zero-order valence-electron chi connectivity index (χ0n) is 12.1. The topological polar surface area (TPSA) is 84.7 Å². The van der Waals surface area contributed by atoms with Crippen molar-refractivity contribution in [3.63, 3.8) is 0 Å². The lowest BCUT2D eigenvalue weighted by molar-refractivity contribution is -0.121. The van der Waals surface area contributed by atoms with E-state index in [0.29, 0.717) is 18.7 Å². The largest absolute Gasteiger partial charge is 0.383 e. The summed E-state index contributed by atoms with van der Waals surface area (Å²) >= 11 is 1.38. The van der Waals surface area contributed by atoms with Gasteiger partial charge in [0.15, 0.2) is 0 Å². The standard InChI is InChI=1S/C14H19N3O3S/c1-17(9-13(18)16-6-7-20-2)14(19)11-8-12(21-10-11)4-3-5-15/h8,10H,5-7,9,15H2,1-2H3,(H,16,18). The molecule has 7 heteroatoms. The Morgan fingerprint density at radius 1 is 1.52 bits per heavy atom. The number of hydrogen-bond donors (Lipinski definition) is 2. The summed E-state index contributed by atoms with van der Waals surface area (Å²) in [6, 6.07) is 1.70. The van der Waals surface area contributed by atoms with E-state index >= 15 is 0 Å². The minimum absolute atomic E-state index is 0.00219. The molecule has 0 aromatic carbocycles. The van der Waals surface area contributed by atoms with Crippen LogP contribution >= 0.6 is 11.3 Å². The molecule has 0 unspecified atom stereocenters. The quantitative estimate of drug-likeness (QED) is 0.567. The third kappa shape index (κ3) is 5.95. The second-order valence-electron chi connectivity index (χ2n) is 4.21. The van der Waals surface area contributed by atoms with Crippen LogP contribution in [-0.2, 0) is 9.53 Å². The van der Waals surface area contributed by atoms with Crippen molar-refractivity contribution in [2.75, 3.05) is 40.4 Å². The molecule has 0 bridgehead atoms. The fraction of sp³-hybridized carbons (Fsp3) is 0.429. The highest BCUT2D eigenvalue weighted by molar-refractivity contribution is 7.10.